The van der Waals surface area contributed by atoms with E-state index in [0.717, 1.165) is 32.2 Å². The standard InChI is InChI=1S/C12H15N3O2/c1-7-13-11(17-14-7)12-4-8(5-12)6-15(12)10(16)9-2-3-9/h8-9H,2-6H2,1H3. The molecule has 0 spiro atoms. The van der Waals surface area contributed by atoms with Crippen molar-refractivity contribution in [1.82, 2.24) is 15.0 Å². The first-order chi connectivity index (χ1) is 8.19. The molecule has 2 bridgehead atoms. The molecule has 0 radical (unpaired) electrons. The fraction of sp³-hybridized carbons (Fsp3) is 0.750. The van der Waals surface area contributed by atoms with Crippen LogP contribution in [0, 0.1) is 18.8 Å². The Labute approximate surface area is 99.2 Å². The third-order valence-electron chi connectivity index (χ3n) is 4.33. The summed E-state index contributed by atoms with van der Waals surface area (Å²) in [4.78, 5) is 18.6. The predicted octanol–water partition coefficient (Wildman–Crippen LogP) is 1.24. The Hall–Kier alpha value is -1.39. The lowest BCUT2D eigenvalue weighted by Crippen LogP contribution is -2.46. The number of hydrogen-bond donors (Lipinski definition) is 0. The molecule has 2 aliphatic carbocycles. The summed E-state index contributed by atoms with van der Waals surface area (Å²) < 4.78 is 5.31. The van der Waals surface area contributed by atoms with Gasteiger partial charge in [-0.15, -0.1) is 0 Å². The maximum Gasteiger partial charge on any atom is 0.252 e. The second kappa shape index (κ2) is 2.89. The van der Waals surface area contributed by atoms with Gasteiger partial charge in [-0.2, -0.15) is 4.98 Å². The molecule has 0 atom stereocenters. The average Bonchev–Trinajstić information content (AvgIpc) is 2.75. The molecule has 1 amide bonds. The molecule has 0 aromatic carbocycles. The maximum atomic E-state index is 12.3. The van der Waals surface area contributed by atoms with Gasteiger partial charge in [-0.05, 0) is 38.5 Å². The summed E-state index contributed by atoms with van der Waals surface area (Å²) in [5, 5.41) is 3.86. The van der Waals surface area contributed by atoms with Gasteiger partial charge in [0.05, 0.1) is 0 Å². The van der Waals surface area contributed by atoms with Gasteiger partial charge in [0.2, 0.25) is 5.91 Å². The van der Waals surface area contributed by atoms with Gasteiger partial charge >= 0.3 is 0 Å². The van der Waals surface area contributed by atoms with Crippen LogP contribution in [-0.2, 0) is 10.3 Å². The number of nitrogens with zero attached hydrogens (tertiary/aromatic N) is 3. The van der Waals surface area contributed by atoms with Crippen LogP contribution in [0.2, 0.25) is 0 Å². The van der Waals surface area contributed by atoms with Gasteiger partial charge in [-0.1, -0.05) is 5.16 Å². The minimum atomic E-state index is -0.244. The predicted molar refractivity (Wildman–Crippen MR) is 57.9 cm³/mol. The van der Waals surface area contributed by atoms with Crippen molar-refractivity contribution in [2.75, 3.05) is 6.54 Å². The summed E-state index contributed by atoms with van der Waals surface area (Å²) in [6.07, 6.45) is 4.12. The topological polar surface area (TPSA) is 59.2 Å². The van der Waals surface area contributed by atoms with Gasteiger partial charge in [0, 0.05) is 12.5 Å². The number of carbonyl (C=O) groups excluding carboxylic acids is 1. The second-order valence-electron chi connectivity index (χ2n) is 5.68. The Morgan fingerprint density at radius 3 is 2.82 bits per heavy atom. The zero-order chi connectivity index (χ0) is 11.6. The Balaban J connectivity index is 1.70. The van der Waals surface area contributed by atoms with Crippen LogP contribution in [-0.4, -0.2) is 27.5 Å². The zero-order valence-electron chi connectivity index (χ0n) is 9.85. The van der Waals surface area contributed by atoms with Crippen LogP contribution in [0.25, 0.3) is 0 Å². The van der Waals surface area contributed by atoms with E-state index in [1.54, 1.807) is 0 Å². The highest BCUT2D eigenvalue weighted by molar-refractivity contribution is 5.82. The fourth-order valence-corrected chi connectivity index (χ4v) is 3.31. The molecule has 5 rings (SSSR count). The van der Waals surface area contributed by atoms with Crippen LogP contribution in [0.3, 0.4) is 0 Å². The van der Waals surface area contributed by atoms with Crippen LogP contribution < -0.4 is 0 Å². The highest BCUT2D eigenvalue weighted by Gasteiger charge is 2.63. The van der Waals surface area contributed by atoms with Crippen molar-refractivity contribution in [3.05, 3.63) is 11.7 Å². The first-order valence-corrected chi connectivity index (χ1v) is 6.31. The number of hydrogen-bond acceptors (Lipinski definition) is 4. The van der Waals surface area contributed by atoms with E-state index in [1.807, 2.05) is 11.8 Å². The Morgan fingerprint density at radius 1 is 1.47 bits per heavy atom. The number of rotatable bonds is 2. The van der Waals surface area contributed by atoms with Gasteiger partial charge in [0.1, 0.15) is 5.54 Å². The number of aryl methyl sites for hydroxylation is 1. The summed E-state index contributed by atoms with van der Waals surface area (Å²) in [6, 6.07) is 0. The number of aromatic nitrogens is 2. The monoisotopic (exact) mass is 233 g/mol. The Kier molecular flexibility index (Phi) is 1.63. The smallest absolute Gasteiger partial charge is 0.252 e. The minimum absolute atomic E-state index is 0.244. The lowest BCUT2D eigenvalue weighted by atomic mass is 9.73. The summed E-state index contributed by atoms with van der Waals surface area (Å²) in [5.41, 5.74) is -0.244. The average molecular weight is 233 g/mol. The number of carbonyl (C=O) groups is 1. The molecule has 0 unspecified atom stereocenters. The van der Waals surface area contributed by atoms with Crippen LogP contribution >= 0.6 is 0 Å². The molecule has 90 valence electrons. The Bertz CT molecular complexity index is 486. The summed E-state index contributed by atoms with van der Waals surface area (Å²) in [5.74, 6) is 2.53. The zero-order valence-corrected chi connectivity index (χ0v) is 9.85. The molecule has 3 heterocycles. The lowest BCUT2D eigenvalue weighted by molar-refractivity contribution is -0.137. The summed E-state index contributed by atoms with van der Waals surface area (Å²) >= 11 is 0. The summed E-state index contributed by atoms with van der Waals surface area (Å²) in [7, 11) is 0. The van der Waals surface area contributed by atoms with E-state index >= 15 is 0 Å². The Morgan fingerprint density at radius 2 is 2.24 bits per heavy atom. The molecule has 2 saturated heterocycles. The first-order valence-electron chi connectivity index (χ1n) is 6.31. The van der Waals surface area contributed by atoms with Crippen molar-refractivity contribution < 1.29 is 9.32 Å². The van der Waals surface area contributed by atoms with E-state index < -0.39 is 0 Å². The summed E-state index contributed by atoms with van der Waals surface area (Å²) in [6.45, 7) is 2.71. The fourth-order valence-electron chi connectivity index (χ4n) is 3.31. The van der Waals surface area contributed by atoms with Gasteiger partial charge in [-0.25, -0.2) is 0 Å². The normalized spacial score (nSPS) is 34.9. The molecule has 2 saturated carbocycles. The quantitative estimate of drug-likeness (QED) is 0.771. The van der Waals surface area contributed by atoms with Crippen molar-refractivity contribution in [3.63, 3.8) is 0 Å². The molecule has 4 aliphatic rings. The van der Waals surface area contributed by atoms with Crippen LogP contribution in [0.4, 0.5) is 0 Å². The molecule has 5 heteroatoms. The largest absolute Gasteiger partial charge is 0.337 e. The van der Waals surface area contributed by atoms with Crippen LogP contribution in [0.15, 0.2) is 4.52 Å². The molecule has 1 aromatic rings. The van der Waals surface area contributed by atoms with E-state index in [1.165, 1.54) is 0 Å². The number of amides is 1. The SMILES string of the molecule is Cc1noc(C23CC(CN2C(=O)C2CC2)C3)n1. The minimum Gasteiger partial charge on any atom is -0.337 e. The van der Waals surface area contributed by atoms with Crippen molar-refractivity contribution in [2.24, 2.45) is 11.8 Å². The van der Waals surface area contributed by atoms with Gasteiger partial charge in [-0.3, -0.25) is 4.79 Å². The van der Waals surface area contributed by atoms with Gasteiger partial charge < -0.3 is 9.42 Å². The first kappa shape index (κ1) is 9.62. The third-order valence-corrected chi connectivity index (χ3v) is 4.33. The number of fused-ring (bicyclic) bond motifs is 1. The van der Waals surface area contributed by atoms with Crippen LogP contribution in [0.1, 0.15) is 37.4 Å². The highest BCUT2D eigenvalue weighted by atomic mass is 16.5. The molecular formula is C12H15N3O2. The van der Waals surface area contributed by atoms with Crippen LogP contribution in [0.5, 0.6) is 0 Å². The highest BCUT2D eigenvalue weighted by Crippen LogP contribution is 2.57. The van der Waals surface area contributed by atoms with E-state index in [0.29, 0.717) is 23.5 Å². The van der Waals surface area contributed by atoms with E-state index in [-0.39, 0.29) is 11.5 Å². The van der Waals surface area contributed by atoms with Gasteiger partial charge in [0.25, 0.3) is 5.89 Å². The van der Waals surface area contributed by atoms with E-state index in [9.17, 15) is 4.79 Å². The van der Waals surface area contributed by atoms with Gasteiger partial charge in [0.15, 0.2) is 5.82 Å². The maximum absolute atomic E-state index is 12.3. The van der Waals surface area contributed by atoms with E-state index in [4.69, 9.17) is 4.52 Å². The molecule has 2 aliphatic heterocycles. The molecular weight excluding hydrogens is 218 g/mol. The van der Waals surface area contributed by atoms with Crippen molar-refractivity contribution >= 4 is 5.91 Å². The molecule has 17 heavy (non-hydrogen) atoms. The molecule has 0 N–H and O–H groups in total. The molecule has 4 fully saturated rings. The lowest BCUT2D eigenvalue weighted by Gasteiger charge is -2.38. The second-order valence-corrected chi connectivity index (χ2v) is 5.68. The molecule has 5 nitrogen and oxygen atoms in total. The van der Waals surface area contributed by atoms with Crippen molar-refractivity contribution in [3.8, 4) is 0 Å². The van der Waals surface area contributed by atoms with Crippen molar-refractivity contribution in [1.29, 1.82) is 0 Å². The van der Waals surface area contributed by atoms with E-state index in [2.05, 4.69) is 10.1 Å². The molecule has 1 aromatic heterocycles. The third kappa shape index (κ3) is 1.17. The van der Waals surface area contributed by atoms with Crippen molar-refractivity contribution in [2.45, 2.75) is 38.1 Å².